The highest BCUT2D eigenvalue weighted by atomic mass is 79.9. The number of likely N-dealkylation sites (N-methyl/N-ethyl adjacent to an activating group) is 1. The van der Waals surface area contributed by atoms with Crippen molar-refractivity contribution in [3.8, 4) is 0 Å². The Hall–Kier alpha value is -1.11. The summed E-state index contributed by atoms with van der Waals surface area (Å²) in [5.41, 5.74) is 2.23. The second-order valence-electron chi connectivity index (χ2n) is 5.12. The predicted molar refractivity (Wildman–Crippen MR) is 82.8 cm³/mol. The van der Waals surface area contributed by atoms with Gasteiger partial charge in [-0.1, -0.05) is 0 Å². The smallest absolute Gasteiger partial charge is 0.101 e. The molecule has 2 heterocycles. The Morgan fingerprint density at radius 2 is 2.25 bits per heavy atom. The van der Waals surface area contributed by atoms with Crippen LogP contribution >= 0.6 is 15.9 Å². The highest BCUT2D eigenvalue weighted by Gasteiger charge is 2.21. The lowest BCUT2D eigenvalue weighted by atomic mass is 10.1. The number of furan rings is 1. The monoisotopic (exact) mass is 340 g/mol. The normalized spacial score (nSPS) is 13.1. The van der Waals surface area contributed by atoms with Gasteiger partial charge in [-0.05, 0) is 50.1 Å². The maximum Gasteiger partial charge on any atom is 0.101 e. The molecule has 1 atom stereocenters. The van der Waals surface area contributed by atoms with Gasteiger partial charge >= 0.3 is 0 Å². The van der Waals surface area contributed by atoms with E-state index >= 15 is 0 Å². The summed E-state index contributed by atoms with van der Waals surface area (Å²) in [4.78, 5) is 2.15. The van der Waals surface area contributed by atoms with Crippen molar-refractivity contribution < 1.29 is 4.42 Å². The molecule has 0 aliphatic heterocycles. The molecule has 0 fully saturated rings. The fourth-order valence-corrected chi connectivity index (χ4v) is 2.73. The van der Waals surface area contributed by atoms with Crippen LogP contribution in [0, 0.1) is 6.92 Å². The standard InChI is InChI=1S/C14H21BrN4O/c1-10-7-11(9-20-10)13(16-2)14-12(15)8-17-19(14)6-5-18(3)4/h7-9,13,16H,5-6H2,1-4H3. The molecule has 0 radical (unpaired) electrons. The minimum atomic E-state index is 0.0616. The zero-order valence-corrected chi connectivity index (χ0v) is 13.9. The molecule has 2 aromatic rings. The third-order valence-corrected chi connectivity index (χ3v) is 3.85. The SMILES string of the molecule is CNC(c1coc(C)c1)c1c(Br)cnn1CCN(C)C. The molecule has 0 spiro atoms. The Bertz CT molecular complexity index is 561. The van der Waals surface area contributed by atoms with Crippen LogP contribution in [0.25, 0.3) is 0 Å². The van der Waals surface area contributed by atoms with E-state index in [4.69, 9.17) is 4.42 Å². The van der Waals surface area contributed by atoms with E-state index in [1.54, 1.807) is 6.26 Å². The Morgan fingerprint density at radius 1 is 1.50 bits per heavy atom. The maximum absolute atomic E-state index is 5.43. The molecule has 2 rings (SSSR count). The zero-order chi connectivity index (χ0) is 14.7. The summed E-state index contributed by atoms with van der Waals surface area (Å²) in [6, 6.07) is 2.11. The maximum atomic E-state index is 5.43. The Kier molecular flexibility index (Phi) is 5.01. The fourth-order valence-electron chi connectivity index (χ4n) is 2.21. The van der Waals surface area contributed by atoms with E-state index in [0.29, 0.717) is 0 Å². The van der Waals surface area contributed by atoms with Crippen molar-refractivity contribution in [3.05, 3.63) is 40.0 Å². The van der Waals surface area contributed by atoms with Gasteiger partial charge in [0.2, 0.25) is 0 Å². The molecule has 0 aliphatic carbocycles. The van der Waals surface area contributed by atoms with Crippen LogP contribution in [-0.4, -0.2) is 42.4 Å². The van der Waals surface area contributed by atoms with Gasteiger partial charge in [-0.2, -0.15) is 5.10 Å². The summed E-state index contributed by atoms with van der Waals surface area (Å²) in [6.07, 6.45) is 3.65. The fraction of sp³-hybridized carbons (Fsp3) is 0.500. The first-order valence-corrected chi connectivity index (χ1v) is 7.40. The van der Waals surface area contributed by atoms with Gasteiger partial charge in [-0.25, -0.2) is 0 Å². The number of nitrogens with one attached hydrogen (secondary N) is 1. The van der Waals surface area contributed by atoms with Crippen molar-refractivity contribution in [3.63, 3.8) is 0 Å². The molecule has 0 bridgehead atoms. The van der Waals surface area contributed by atoms with Gasteiger partial charge in [-0.3, -0.25) is 4.68 Å². The van der Waals surface area contributed by atoms with Gasteiger partial charge < -0.3 is 14.6 Å². The van der Waals surface area contributed by atoms with Gasteiger partial charge in [-0.15, -0.1) is 0 Å². The number of hydrogen-bond acceptors (Lipinski definition) is 4. The lowest BCUT2D eigenvalue weighted by Gasteiger charge is -2.18. The molecule has 0 aromatic carbocycles. The second kappa shape index (κ2) is 6.56. The quantitative estimate of drug-likeness (QED) is 0.877. The van der Waals surface area contributed by atoms with E-state index < -0.39 is 0 Å². The van der Waals surface area contributed by atoms with Crippen molar-refractivity contribution in [2.75, 3.05) is 27.7 Å². The first-order valence-electron chi connectivity index (χ1n) is 6.61. The third kappa shape index (κ3) is 3.31. The largest absolute Gasteiger partial charge is 0.469 e. The molecule has 2 aromatic heterocycles. The minimum absolute atomic E-state index is 0.0616. The van der Waals surface area contributed by atoms with E-state index in [-0.39, 0.29) is 6.04 Å². The second-order valence-corrected chi connectivity index (χ2v) is 5.97. The molecule has 110 valence electrons. The lowest BCUT2D eigenvalue weighted by Crippen LogP contribution is -2.25. The molecule has 0 saturated heterocycles. The van der Waals surface area contributed by atoms with Crippen molar-refractivity contribution in [2.24, 2.45) is 0 Å². The summed E-state index contributed by atoms with van der Waals surface area (Å²) < 4.78 is 8.47. The first kappa shape index (κ1) is 15.3. The number of aryl methyl sites for hydroxylation is 1. The van der Waals surface area contributed by atoms with E-state index in [0.717, 1.165) is 34.6 Å². The Morgan fingerprint density at radius 3 is 2.80 bits per heavy atom. The number of hydrogen-bond donors (Lipinski definition) is 1. The molecule has 0 aliphatic rings. The van der Waals surface area contributed by atoms with Crippen LogP contribution in [0.3, 0.4) is 0 Å². The highest BCUT2D eigenvalue weighted by Crippen LogP contribution is 2.29. The molecule has 20 heavy (non-hydrogen) atoms. The molecular formula is C14H21BrN4O. The summed E-state index contributed by atoms with van der Waals surface area (Å²) in [6.45, 7) is 3.75. The number of rotatable bonds is 6. The van der Waals surface area contributed by atoms with Crippen LogP contribution in [0.5, 0.6) is 0 Å². The van der Waals surface area contributed by atoms with E-state index in [9.17, 15) is 0 Å². The van der Waals surface area contributed by atoms with Gasteiger partial charge in [0, 0.05) is 12.1 Å². The summed E-state index contributed by atoms with van der Waals surface area (Å²) in [5.74, 6) is 0.913. The van der Waals surface area contributed by atoms with Crippen LogP contribution in [0.1, 0.15) is 23.1 Å². The molecule has 1 N–H and O–H groups in total. The zero-order valence-electron chi connectivity index (χ0n) is 12.4. The van der Waals surface area contributed by atoms with Gasteiger partial charge in [0.1, 0.15) is 5.76 Å². The predicted octanol–water partition coefficient (Wildman–Crippen LogP) is 2.42. The lowest BCUT2D eigenvalue weighted by molar-refractivity contribution is 0.366. The topological polar surface area (TPSA) is 46.2 Å². The van der Waals surface area contributed by atoms with Crippen LogP contribution in [0.4, 0.5) is 0 Å². The van der Waals surface area contributed by atoms with Crippen molar-refractivity contribution >= 4 is 15.9 Å². The summed E-state index contributed by atoms with van der Waals surface area (Å²) in [7, 11) is 6.07. The van der Waals surface area contributed by atoms with Crippen LogP contribution in [-0.2, 0) is 6.54 Å². The van der Waals surface area contributed by atoms with Gasteiger partial charge in [0.05, 0.1) is 35.2 Å². The van der Waals surface area contributed by atoms with Gasteiger partial charge in [0.25, 0.3) is 0 Å². The van der Waals surface area contributed by atoms with Crippen molar-refractivity contribution in [2.45, 2.75) is 19.5 Å². The third-order valence-electron chi connectivity index (χ3n) is 3.24. The molecule has 5 nitrogen and oxygen atoms in total. The Balaban J connectivity index is 2.31. The van der Waals surface area contributed by atoms with Gasteiger partial charge in [0.15, 0.2) is 0 Å². The van der Waals surface area contributed by atoms with Crippen molar-refractivity contribution in [1.82, 2.24) is 20.0 Å². The molecular weight excluding hydrogens is 320 g/mol. The average Bonchev–Trinajstić information content (AvgIpc) is 2.97. The van der Waals surface area contributed by atoms with E-state index in [2.05, 4.69) is 51.4 Å². The van der Waals surface area contributed by atoms with Crippen LogP contribution in [0.15, 0.2) is 27.4 Å². The number of halogens is 1. The van der Waals surface area contributed by atoms with E-state index in [1.807, 2.05) is 24.9 Å². The van der Waals surface area contributed by atoms with E-state index in [1.165, 1.54) is 0 Å². The van der Waals surface area contributed by atoms with Crippen molar-refractivity contribution in [1.29, 1.82) is 0 Å². The molecule has 0 amide bonds. The Labute approximate surface area is 128 Å². The summed E-state index contributed by atoms with van der Waals surface area (Å²) in [5, 5.41) is 7.80. The average molecular weight is 341 g/mol. The first-order chi connectivity index (χ1) is 9.52. The van der Waals surface area contributed by atoms with Crippen LogP contribution in [0.2, 0.25) is 0 Å². The highest BCUT2D eigenvalue weighted by molar-refractivity contribution is 9.10. The number of nitrogens with zero attached hydrogens (tertiary/aromatic N) is 3. The molecule has 0 saturated carbocycles. The summed E-state index contributed by atoms with van der Waals surface area (Å²) >= 11 is 3.60. The molecule has 6 heteroatoms. The van der Waals surface area contributed by atoms with Crippen LogP contribution < -0.4 is 5.32 Å². The number of aromatic nitrogens is 2. The molecule has 1 unspecified atom stereocenters. The minimum Gasteiger partial charge on any atom is -0.469 e.